The summed E-state index contributed by atoms with van der Waals surface area (Å²) in [6.45, 7) is 5.84. The van der Waals surface area contributed by atoms with Crippen molar-refractivity contribution in [3.63, 3.8) is 0 Å². The van der Waals surface area contributed by atoms with Crippen LogP contribution in [0.1, 0.15) is 265 Å². The molecule has 0 rings (SSSR count). The highest BCUT2D eigenvalue weighted by molar-refractivity contribution is 5.70. The summed E-state index contributed by atoms with van der Waals surface area (Å²) in [5, 5.41) is 10.5. The Morgan fingerprint density at radius 2 is 0.586 bits per heavy atom. The van der Waals surface area contributed by atoms with Crippen molar-refractivity contribution < 1.29 is 33.7 Å². The van der Waals surface area contributed by atoms with Crippen molar-refractivity contribution in [1.29, 1.82) is 0 Å². The molecule has 0 fully saturated rings. The molecule has 0 saturated heterocycles. The molecule has 0 radical (unpaired) electrons. The first-order chi connectivity index (χ1) is 28.4. The first kappa shape index (κ1) is 56.1. The standard InChI is InChI=1S/C51H96O7/c1-4-7-10-13-16-19-22-23-24-25-28-31-34-37-40-43-50(55)58-47-51(44-52,45-56-48(53)41-38-35-32-29-26-20-17-14-11-8-5-2)46-57-49(54)42-39-36-33-30-27-21-18-15-12-9-6-3/h23-24,52H,4-22,25-47H2,1-3H3/b24-23-. The average molecular weight is 821 g/mol. The summed E-state index contributed by atoms with van der Waals surface area (Å²) < 4.78 is 16.9. The normalized spacial score (nSPS) is 11.7. The predicted octanol–water partition coefficient (Wildman–Crippen LogP) is 15.0. The minimum atomic E-state index is -1.18. The lowest BCUT2D eigenvalue weighted by Crippen LogP contribution is -2.42. The molecule has 58 heavy (non-hydrogen) atoms. The van der Waals surface area contributed by atoms with Crippen LogP contribution in [-0.2, 0) is 28.6 Å². The van der Waals surface area contributed by atoms with E-state index in [1.807, 2.05) is 0 Å². The molecule has 0 aromatic rings. The number of hydrogen-bond acceptors (Lipinski definition) is 7. The molecule has 0 spiro atoms. The van der Waals surface area contributed by atoms with Crippen LogP contribution in [0.5, 0.6) is 0 Å². The fourth-order valence-electron chi connectivity index (χ4n) is 7.39. The van der Waals surface area contributed by atoms with E-state index >= 15 is 0 Å². The number of aliphatic hydroxyl groups is 1. The van der Waals surface area contributed by atoms with Gasteiger partial charge in [0.2, 0.25) is 0 Å². The number of esters is 3. The minimum Gasteiger partial charge on any atom is -0.465 e. The summed E-state index contributed by atoms with van der Waals surface area (Å²) in [6.07, 6.45) is 47.5. The van der Waals surface area contributed by atoms with Crippen molar-refractivity contribution in [2.75, 3.05) is 26.4 Å². The van der Waals surface area contributed by atoms with E-state index in [1.165, 1.54) is 154 Å². The summed E-state index contributed by atoms with van der Waals surface area (Å²) in [7, 11) is 0. The van der Waals surface area contributed by atoms with Gasteiger partial charge in [-0.2, -0.15) is 0 Å². The second kappa shape index (κ2) is 44.7. The number of allylic oxidation sites excluding steroid dienone is 2. The smallest absolute Gasteiger partial charge is 0.305 e. The van der Waals surface area contributed by atoms with Gasteiger partial charge in [-0.25, -0.2) is 0 Å². The largest absolute Gasteiger partial charge is 0.465 e. The highest BCUT2D eigenvalue weighted by atomic mass is 16.6. The lowest BCUT2D eigenvalue weighted by atomic mass is 9.92. The van der Waals surface area contributed by atoms with Gasteiger partial charge in [0.25, 0.3) is 0 Å². The molecule has 0 heterocycles. The molecule has 0 aliphatic carbocycles. The molecular formula is C51H96O7. The van der Waals surface area contributed by atoms with Gasteiger partial charge < -0.3 is 19.3 Å². The number of aliphatic hydroxyl groups excluding tert-OH is 1. The Balaban J connectivity index is 4.59. The predicted molar refractivity (Wildman–Crippen MR) is 244 cm³/mol. The number of unbranched alkanes of at least 4 members (excludes halogenated alkanes) is 31. The Hall–Kier alpha value is -1.89. The van der Waals surface area contributed by atoms with Crippen LogP contribution >= 0.6 is 0 Å². The van der Waals surface area contributed by atoms with E-state index in [2.05, 4.69) is 32.9 Å². The van der Waals surface area contributed by atoms with E-state index in [-0.39, 0.29) is 37.7 Å². The Kier molecular flexibility index (Phi) is 43.2. The van der Waals surface area contributed by atoms with Gasteiger partial charge >= 0.3 is 17.9 Å². The topological polar surface area (TPSA) is 99.1 Å². The zero-order valence-electron chi connectivity index (χ0n) is 38.7. The highest BCUT2D eigenvalue weighted by Crippen LogP contribution is 2.22. The minimum absolute atomic E-state index is 0.160. The summed E-state index contributed by atoms with van der Waals surface area (Å²) in [5.41, 5.74) is -1.18. The van der Waals surface area contributed by atoms with Crippen molar-refractivity contribution >= 4 is 17.9 Å². The second-order valence-electron chi connectivity index (χ2n) is 17.5. The monoisotopic (exact) mass is 821 g/mol. The van der Waals surface area contributed by atoms with Gasteiger partial charge in [0, 0.05) is 19.3 Å². The Bertz CT molecular complexity index is 890. The van der Waals surface area contributed by atoms with Crippen LogP contribution in [0.2, 0.25) is 0 Å². The van der Waals surface area contributed by atoms with Crippen LogP contribution in [0.3, 0.4) is 0 Å². The molecule has 7 heteroatoms. The third-order valence-electron chi connectivity index (χ3n) is 11.6. The molecular weight excluding hydrogens is 725 g/mol. The molecule has 0 bridgehead atoms. The van der Waals surface area contributed by atoms with Crippen molar-refractivity contribution in [2.45, 2.75) is 265 Å². The van der Waals surface area contributed by atoms with Gasteiger partial charge in [0.15, 0.2) is 0 Å². The summed E-state index contributed by atoms with van der Waals surface area (Å²) in [4.78, 5) is 38.2. The van der Waals surface area contributed by atoms with Crippen molar-refractivity contribution in [3.05, 3.63) is 12.2 Å². The van der Waals surface area contributed by atoms with Crippen LogP contribution in [0.4, 0.5) is 0 Å². The Morgan fingerprint density at radius 1 is 0.362 bits per heavy atom. The number of carbonyl (C=O) groups excluding carboxylic acids is 3. The van der Waals surface area contributed by atoms with E-state index in [0.29, 0.717) is 19.3 Å². The zero-order valence-corrected chi connectivity index (χ0v) is 38.7. The quantitative estimate of drug-likeness (QED) is 0.0282. The molecule has 1 N–H and O–H groups in total. The van der Waals surface area contributed by atoms with E-state index in [0.717, 1.165) is 70.6 Å². The van der Waals surface area contributed by atoms with Crippen LogP contribution in [0.15, 0.2) is 12.2 Å². The third kappa shape index (κ3) is 39.6. The fraction of sp³-hybridized carbons (Fsp3) is 0.902. The average Bonchev–Trinajstić information content (AvgIpc) is 3.23. The van der Waals surface area contributed by atoms with Crippen LogP contribution in [0.25, 0.3) is 0 Å². The molecule has 342 valence electrons. The number of carbonyl (C=O) groups is 3. The molecule has 0 unspecified atom stereocenters. The molecule has 0 aromatic carbocycles. The van der Waals surface area contributed by atoms with Gasteiger partial charge in [-0.3, -0.25) is 14.4 Å². The SMILES string of the molecule is CCCCCCCC/C=C\CCCCCCCC(=O)OCC(CO)(COC(=O)CCCCCCCCCCCCC)COC(=O)CCCCCCCCCCCCC. The summed E-state index contributed by atoms with van der Waals surface area (Å²) >= 11 is 0. The first-order valence-corrected chi connectivity index (χ1v) is 25.2. The molecule has 0 saturated carbocycles. The zero-order chi connectivity index (χ0) is 42.5. The molecule has 0 aliphatic rings. The van der Waals surface area contributed by atoms with Crippen molar-refractivity contribution in [3.8, 4) is 0 Å². The Labute approximate surface area is 359 Å². The first-order valence-electron chi connectivity index (χ1n) is 25.2. The number of ether oxygens (including phenoxy) is 3. The van der Waals surface area contributed by atoms with E-state index < -0.39 is 12.0 Å². The molecule has 0 atom stereocenters. The number of hydrogen-bond donors (Lipinski definition) is 1. The van der Waals surface area contributed by atoms with Crippen molar-refractivity contribution in [2.24, 2.45) is 5.41 Å². The van der Waals surface area contributed by atoms with Crippen molar-refractivity contribution in [1.82, 2.24) is 0 Å². The molecule has 0 amide bonds. The van der Waals surface area contributed by atoms with Crippen LogP contribution in [-0.4, -0.2) is 49.4 Å². The van der Waals surface area contributed by atoms with E-state index in [1.54, 1.807) is 0 Å². The van der Waals surface area contributed by atoms with Crippen LogP contribution in [0, 0.1) is 5.41 Å². The fourth-order valence-corrected chi connectivity index (χ4v) is 7.39. The van der Waals surface area contributed by atoms with Gasteiger partial charge in [0.05, 0.1) is 12.0 Å². The summed E-state index contributed by atoms with van der Waals surface area (Å²) in [6, 6.07) is 0. The van der Waals surface area contributed by atoms with Gasteiger partial charge in [0.1, 0.15) is 19.8 Å². The Morgan fingerprint density at radius 3 is 0.828 bits per heavy atom. The lowest BCUT2D eigenvalue weighted by Gasteiger charge is -2.30. The number of rotatable bonds is 46. The third-order valence-corrected chi connectivity index (χ3v) is 11.6. The molecule has 0 aromatic heterocycles. The second-order valence-corrected chi connectivity index (χ2v) is 17.5. The summed E-state index contributed by atoms with van der Waals surface area (Å²) in [5.74, 6) is -1.00. The molecule has 7 nitrogen and oxygen atoms in total. The maximum Gasteiger partial charge on any atom is 0.305 e. The van der Waals surface area contributed by atoms with Gasteiger partial charge in [-0.1, -0.05) is 213 Å². The van der Waals surface area contributed by atoms with E-state index in [9.17, 15) is 19.5 Å². The van der Waals surface area contributed by atoms with E-state index in [4.69, 9.17) is 14.2 Å². The maximum absolute atomic E-state index is 12.7. The van der Waals surface area contributed by atoms with Gasteiger partial charge in [-0.15, -0.1) is 0 Å². The van der Waals surface area contributed by atoms with Gasteiger partial charge in [-0.05, 0) is 44.9 Å². The highest BCUT2D eigenvalue weighted by Gasteiger charge is 2.35. The maximum atomic E-state index is 12.7. The lowest BCUT2D eigenvalue weighted by molar-refractivity contribution is -0.165. The van der Waals surface area contributed by atoms with Crippen LogP contribution < -0.4 is 0 Å². The molecule has 0 aliphatic heterocycles.